The van der Waals surface area contributed by atoms with Gasteiger partial charge in [-0.2, -0.15) is 0 Å². The maximum Gasteiger partial charge on any atom is 0.159 e. The molecule has 0 aliphatic carbocycles. The number of fused-ring (bicyclic) bond motifs is 1. The summed E-state index contributed by atoms with van der Waals surface area (Å²) in [5.74, 6) is 1.64. The number of nitrogens with zero attached hydrogens (tertiary/aromatic N) is 3. The van der Waals surface area contributed by atoms with Crippen molar-refractivity contribution in [3.8, 4) is 0 Å². The van der Waals surface area contributed by atoms with Gasteiger partial charge in [0.25, 0.3) is 0 Å². The van der Waals surface area contributed by atoms with Crippen LogP contribution in [-0.4, -0.2) is 35.2 Å². The summed E-state index contributed by atoms with van der Waals surface area (Å²) in [5.41, 5.74) is 4.85. The van der Waals surface area contributed by atoms with E-state index < -0.39 is 0 Å². The molecule has 5 nitrogen and oxygen atoms in total. The molecule has 0 fully saturated rings. The summed E-state index contributed by atoms with van der Waals surface area (Å²) in [4.78, 5) is 34.6. The fraction of sp³-hybridized carbons (Fsp3) is 0.120. The molecule has 0 aromatic heterocycles. The van der Waals surface area contributed by atoms with Gasteiger partial charge in [-0.25, -0.2) is 9.98 Å². The topological polar surface area (TPSA) is 62.1 Å². The monoisotopic (exact) mass is 395 g/mol. The van der Waals surface area contributed by atoms with Crippen LogP contribution in [0.25, 0.3) is 0 Å². The SMILES string of the molecule is CC(=O)c1ccc(N=C2c3ccccc3C(=Nc3ccc(C(C)=O)cc3)N2C)cc1. The second-order valence-electron chi connectivity index (χ2n) is 7.18. The molecule has 5 heteroatoms. The Hall–Kier alpha value is -3.86. The highest BCUT2D eigenvalue weighted by Gasteiger charge is 2.29. The number of aliphatic imine (C=N–C) groups is 2. The van der Waals surface area contributed by atoms with E-state index in [0.29, 0.717) is 11.1 Å². The second-order valence-corrected chi connectivity index (χ2v) is 7.18. The Labute approximate surface area is 175 Å². The van der Waals surface area contributed by atoms with Gasteiger partial charge in [-0.1, -0.05) is 24.3 Å². The molecule has 4 rings (SSSR count). The molecule has 3 aromatic carbocycles. The highest BCUT2D eigenvalue weighted by atomic mass is 16.1. The minimum absolute atomic E-state index is 0.0303. The largest absolute Gasteiger partial charge is 0.313 e. The van der Waals surface area contributed by atoms with E-state index >= 15 is 0 Å². The molecule has 0 radical (unpaired) electrons. The summed E-state index contributed by atoms with van der Waals surface area (Å²) in [5, 5.41) is 0. The number of rotatable bonds is 4. The van der Waals surface area contributed by atoms with E-state index in [4.69, 9.17) is 9.98 Å². The maximum absolute atomic E-state index is 11.5. The first-order valence-corrected chi connectivity index (χ1v) is 9.67. The zero-order chi connectivity index (χ0) is 21.3. The molecule has 0 saturated carbocycles. The molecular formula is C25H21N3O2. The molecule has 3 aromatic rings. The van der Waals surface area contributed by atoms with Crippen LogP contribution in [0.1, 0.15) is 45.7 Å². The molecule has 30 heavy (non-hydrogen) atoms. The first kappa shape index (κ1) is 19.5. The lowest BCUT2D eigenvalue weighted by Gasteiger charge is -2.14. The van der Waals surface area contributed by atoms with Crippen molar-refractivity contribution in [2.75, 3.05) is 7.05 Å². The van der Waals surface area contributed by atoms with Gasteiger partial charge in [0.1, 0.15) is 11.7 Å². The molecule has 0 N–H and O–H groups in total. The third kappa shape index (κ3) is 3.70. The molecule has 0 bridgehead atoms. The number of carbonyl (C=O) groups excluding carboxylic acids is 2. The van der Waals surface area contributed by atoms with Gasteiger partial charge in [0.05, 0.1) is 11.4 Å². The average molecular weight is 395 g/mol. The molecule has 0 spiro atoms. The quantitative estimate of drug-likeness (QED) is 0.571. The average Bonchev–Trinajstić information content (AvgIpc) is 3.00. The van der Waals surface area contributed by atoms with E-state index in [1.54, 1.807) is 38.1 Å². The molecule has 0 saturated heterocycles. The third-order valence-corrected chi connectivity index (χ3v) is 5.06. The van der Waals surface area contributed by atoms with E-state index in [9.17, 15) is 9.59 Å². The lowest BCUT2D eigenvalue weighted by molar-refractivity contribution is 0.100. The van der Waals surface area contributed by atoms with Crippen LogP contribution >= 0.6 is 0 Å². The van der Waals surface area contributed by atoms with Crippen LogP contribution in [0.15, 0.2) is 82.8 Å². The highest BCUT2D eigenvalue weighted by Crippen LogP contribution is 2.28. The smallest absolute Gasteiger partial charge is 0.159 e. The minimum Gasteiger partial charge on any atom is -0.313 e. The van der Waals surface area contributed by atoms with Gasteiger partial charge in [0.2, 0.25) is 0 Å². The third-order valence-electron chi connectivity index (χ3n) is 5.06. The Kier molecular flexibility index (Phi) is 5.11. The number of hydrogen-bond acceptors (Lipinski definition) is 4. The molecule has 1 heterocycles. The Morgan fingerprint density at radius 1 is 0.633 bits per heavy atom. The summed E-state index contributed by atoms with van der Waals surface area (Å²) in [6, 6.07) is 22.5. The van der Waals surface area contributed by atoms with Crippen LogP contribution in [0.2, 0.25) is 0 Å². The maximum atomic E-state index is 11.5. The van der Waals surface area contributed by atoms with Crippen LogP contribution in [0.5, 0.6) is 0 Å². The van der Waals surface area contributed by atoms with Gasteiger partial charge in [0.15, 0.2) is 11.6 Å². The van der Waals surface area contributed by atoms with Crippen molar-refractivity contribution in [2.45, 2.75) is 13.8 Å². The van der Waals surface area contributed by atoms with Crippen LogP contribution in [-0.2, 0) is 0 Å². The van der Waals surface area contributed by atoms with E-state index in [1.165, 1.54) is 0 Å². The molecule has 0 amide bonds. The zero-order valence-corrected chi connectivity index (χ0v) is 17.1. The van der Waals surface area contributed by atoms with Crippen molar-refractivity contribution in [1.29, 1.82) is 0 Å². The van der Waals surface area contributed by atoms with Crippen LogP contribution in [0.4, 0.5) is 11.4 Å². The van der Waals surface area contributed by atoms with E-state index in [1.807, 2.05) is 60.5 Å². The number of carbonyl (C=O) groups is 2. The van der Waals surface area contributed by atoms with Crippen LogP contribution in [0.3, 0.4) is 0 Å². The predicted molar refractivity (Wildman–Crippen MR) is 119 cm³/mol. The lowest BCUT2D eigenvalue weighted by atomic mass is 10.1. The summed E-state index contributed by atoms with van der Waals surface area (Å²) < 4.78 is 0. The second kappa shape index (κ2) is 7.87. The predicted octanol–water partition coefficient (Wildman–Crippen LogP) is 5.19. The first-order chi connectivity index (χ1) is 14.4. The van der Waals surface area contributed by atoms with Crippen molar-refractivity contribution < 1.29 is 9.59 Å². The fourth-order valence-corrected chi connectivity index (χ4v) is 3.39. The van der Waals surface area contributed by atoms with Crippen LogP contribution in [0, 0.1) is 0 Å². The first-order valence-electron chi connectivity index (χ1n) is 9.67. The van der Waals surface area contributed by atoms with Gasteiger partial charge in [-0.05, 0) is 62.4 Å². The van der Waals surface area contributed by atoms with Crippen LogP contribution < -0.4 is 0 Å². The van der Waals surface area contributed by atoms with Gasteiger partial charge in [-0.15, -0.1) is 0 Å². The summed E-state index contributed by atoms with van der Waals surface area (Å²) in [6.07, 6.45) is 0. The van der Waals surface area contributed by atoms with Crippen molar-refractivity contribution >= 4 is 34.6 Å². The minimum atomic E-state index is 0.0303. The van der Waals surface area contributed by atoms with Gasteiger partial charge < -0.3 is 4.90 Å². The standard InChI is InChI=1S/C25H21N3O2/c1-16(29)18-8-12-20(13-9-18)26-24-22-6-4-5-7-23(22)25(28(24)3)27-21-14-10-19(11-15-21)17(2)30/h4-15H,1-3H3. The molecular weight excluding hydrogens is 374 g/mol. The Bertz CT molecular complexity index is 1100. The number of amidine groups is 2. The number of Topliss-reactive ketones (excluding diaryl/α,β-unsaturated/α-hetero) is 2. The van der Waals surface area contributed by atoms with Gasteiger partial charge >= 0.3 is 0 Å². The van der Waals surface area contributed by atoms with Gasteiger partial charge in [-0.3, -0.25) is 9.59 Å². The summed E-state index contributed by atoms with van der Waals surface area (Å²) >= 11 is 0. The lowest BCUT2D eigenvalue weighted by Crippen LogP contribution is -2.26. The summed E-state index contributed by atoms with van der Waals surface area (Å²) in [6.45, 7) is 3.10. The molecule has 0 unspecified atom stereocenters. The molecule has 1 aliphatic heterocycles. The fourth-order valence-electron chi connectivity index (χ4n) is 3.39. The molecule has 1 aliphatic rings. The van der Waals surface area contributed by atoms with E-state index in [2.05, 4.69) is 0 Å². The number of hydrogen-bond donors (Lipinski definition) is 0. The summed E-state index contributed by atoms with van der Waals surface area (Å²) in [7, 11) is 1.94. The Balaban J connectivity index is 1.74. The molecule has 148 valence electrons. The Morgan fingerprint density at radius 3 is 1.33 bits per heavy atom. The van der Waals surface area contributed by atoms with E-state index in [0.717, 1.165) is 34.2 Å². The van der Waals surface area contributed by atoms with E-state index in [-0.39, 0.29) is 11.6 Å². The zero-order valence-electron chi connectivity index (χ0n) is 17.1. The normalized spacial score (nSPS) is 15.5. The highest BCUT2D eigenvalue weighted by molar-refractivity contribution is 6.25. The molecule has 0 atom stereocenters. The van der Waals surface area contributed by atoms with Crippen molar-refractivity contribution in [3.63, 3.8) is 0 Å². The Morgan fingerprint density at radius 2 is 1.00 bits per heavy atom. The number of ketones is 2. The van der Waals surface area contributed by atoms with Crippen molar-refractivity contribution in [2.24, 2.45) is 9.98 Å². The van der Waals surface area contributed by atoms with Gasteiger partial charge in [0, 0.05) is 29.3 Å². The van der Waals surface area contributed by atoms with Crippen molar-refractivity contribution in [1.82, 2.24) is 4.90 Å². The number of benzene rings is 3. The van der Waals surface area contributed by atoms with Crippen molar-refractivity contribution in [3.05, 3.63) is 95.1 Å².